The van der Waals surface area contributed by atoms with Gasteiger partial charge in [-0.2, -0.15) is 13.2 Å². The molecule has 0 radical (unpaired) electrons. The minimum atomic E-state index is -4.30. The van der Waals surface area contributed by atoms with Crippen LogP contribution in [0.2, 0.25) is 0 Å². The quantitative estimate of drug-likeness (QED) is 0.777. The third kappa shape index (κ3) is 4.97. The highest BCUT2D eigenvalue weighted by Gasteiger charge is 2.30. The first-order valence-electron chi connectivity index (χ1n) is 9.79. The van der Waals surface area contributed by atoms with Crippen molar-refractivity contribution in [2.75, 3.05) is 62.3 Å². The largest absolute Gasteiger partial charge is 0.416 e. The van der Waals surface area contributed by atoms with Gasteiger partial charge in [0.2, 0.25) is 0 Å². The molecule has 2 aliphatic rings. The summed E-state index contributed by atoms with van der Waals surface area (Å²) in [6, 6.07) is 9.54. The number of hydrogen-bond donors (Lipinski definition) is 0. The van der Waals surface area contributed by atoms with E-state index in [4.69, 9.17) is 4.74 Å². The molecule has 29 heavy (non-hydrogen) atoms. The molecule has 2 aliphatic heterocycles. The lowest BCUT2D eigenvalue weighted by molar-refractivity contribution is -0.137. The van der Waals surface area contributed by atoms with Gasteiger partial charge in [0.05, 0.1) is 18.8 Å². The lowest BCUT2D eigenvalue weighted by Crippen LogP contribution is -2.46. The number of anilines is 2. The van der Waals surface area contributed by atoms with Crippen LogP contribution in [0.1, 0.15) is 11.1 Å². The fourth-order valence-corrected chi connectivity index (χ4v) is 3.69. The van der Waals surface area contributed by atoms with Gasteiger partial charge in [-0.05, 0) is 23.8 Å². The van der Waals surface area contributed by atoms with E-state index in [1.165, 1.54) is 12.1 Å². The van der Waals surface area contributed by atoms with Gasteiger partial charge in [-0.3, -0.25) is 4.90 Å². The predicted molar refractivity (Wildman–Crippen MR) is 104 cm³/mol. The zero-order chi connectivity index (χ0) is 20.3. The molecule has 0 aliphatic carbocycles. The number of halogens is 3. The standard InChI is InChI=1S/C20H24F3N5O/c21-20(22,23)17-3-1-2-16(14-17)15-26-6-8-27(9-7-26)18-4-5-19(25-24-18)28-10-12-29-13-11-28/h1-5,14H,6-13,15H2. The highest BCUT2D eigenvalue weighted by Crippen LogP contribution is 2.30. The van der Waals surface area contributed by atoms with E-state index in [0.29, 0.717) is 25.3 Å². The zero-order valence-corrected chi connectivity index (χ0v) is 16.1. The first-order chi connectivity index (χ1) is 14.0. The molecule has 2 saturated heterocycles. The van der Waals surface area contributed by atoms with Crippen molar-refractivity contribution in [2.24, 2.45) is 0 Å². The summed E-state index contributed by atoms with van der Waals surface area (Å²) in [5, 5.41) is 8.73. The van der Waals surface area contributed by atoms with Crippen LogP contribution >= 0.6 is 0 Å². The Morgan fingerprint density at radius 1 is 0.828 bits per heavy atom. The lowest BCUT2D eigenvalue weighted by atomic mass is 10.1. The van der Waals surface area contributed by atoms with Gasteiger partial charge in [0.15, 0.2) is 11.6 Å². The number of ether oxygens (including phenoxy) is 1. The molecule has 0 atom stereocenters. The van der Waals surface area contributed by atoms with E-state index in [-0.39, 0.29) is 0 Å². The molecule has 0 unspecified atom stereocenters. The van der Waals surface area contributed by atoms with Crippen LogP contribution < -0.4 is 9.80 Å². The van der Waals surface area contributed by atoms with Crippen molar-refractivity contribution in [1.82, 2.24) is 15.1 Å². The first kappa shape index (κ1) is 19.9. The fourth-order valence-electron chi connectivity index (χ4n) is 3.69. The van der Waals surface area contributed by atoms with Crippen LogP contribution in [0.15, 0.2) is 36.4 Å². The topological polar surface area (TPSA) is 44.7 Å². The van der Waals surface area contributed by atoms with Crippen molar-refractivity contribution in [3.8, 4) is 0 Å². The number of piperazine rings is 1. The Morgan fingerprint density at radius 3 is 2.03 bits per heavy atom. The Morgan fingerprint density at radius 2 is 1.45 bits per heavy atom. The molecule has 156 valence electrons. The normalized spacial score (nSPS) is 18.9. The molecule has 3 heterocycles. The number of nitrogens with zero attached hydrogens (tertiary/aromatic N) is 5. The summed E-state index contributed by atoms with van der Waals surface area (Å²) in [5.74, 6) is 1.70. The number of hydrogen-bond acceptors (Lipinski definition) is 6. The molecule has 0 spiro atoms. The zero-order valence-electron chi connectivity index (χ0n) is 16.1. The SMILES string of the molecule is FC(F)(F)c1cccc(CN2CCN(c3ccc(N4CCOCC4)nn3)CC2)c1. The van der Waals surface area contributed by atoms with Crippen LogP contribution in [0.4, 0.5) is 24.8 Å². The summed E-state index contributed by atoms with van der Waals surface area (Å²) in [7, 11) is 0. The Balaban J connectivity index is 1.31. The van der Waals surface area contributed by atoms with Crippen LogP contribution in [0.5, 0.6) is 0 Å². The summed E-state index contributed by atoms with van der Waals surface area (Å²) in [6.07, 6.45) is -4.30. The van der Waals surface area contributed by atoms with Gasteiger partial charge in [0, 0.05) is 45.8 Å². The summed E-state index contributed by atoms with van der Waals surface area (Å²) in [4.78, 5) is 6.49. The van der Waals surface area contributed by atoms with E-state index in [0.717, 1.165) is 57.0 Å². The van der Waals surface area contributed by atoms with E-state index in [9.17, 15) is 13.2 Å². The molecule has 1 aromatic heterocycles. The Bertz CT molecular complexity index is 801. The van der Waals surface area contributed by atoms with E-state index < -0.39 is 11.7 Å². The summed E-state index contributed by atoms with van der Waals surface area (Å²) in [6.45, 7) is 6.64. The maximum absolute atomic E-state index is 12.9. The number of morpholine rings is 1. The monoisotopic (exact) mass is 407 g/mol. The Hall–Kier alpha value is -2.39. The second-order valence-corrected chi connectivity index (χ2v) is 7.31. The number of alkyl halides is 3. The van der Waals surface area contributed by atoms with Gasteiger partial charge < -0.3 is 14.5 Å². The number of aromatic nitrogens is 2. The van der Waals surface area contributed by atoms with Gasteiger partial charge in [0.1, 0.15) is 0 Å². The number of rotatable bonds is 4. The lowest BCUT2D eigenvalue weighted by Gasteiger charge is -2.35. The minimum Gasteiger partial charge on any atom is -0.378 e. The van der Waals surface area contributed by atoms with Crippen LogP contribution in [0.3, 0.4) is 0 Å². The average Bonchev–Trinajstić information content (AvgIpc) is 2.75. The first-order valence-corrected chi connectivity index (χ1v) is 9.79. The number of benzene rings is 1. The van der Waals surface area contributed by atoms with Crippen molar-refractivity contribution in [3.05, 3.63) is 47.5 Å². The van der Waals surface area contributed by atoms with Crippen molar-refractivity contribution >= 4 is 11.6 Å². The third-order valence-electron chi connectivity index (χ3n) is 5.33. The molecule has 2 aromatic rings. The smallest absolute Gasteiger partial charge is 0.378 e. The molecule has 6 nitrogen and oxygen atoms in total. The van der Waals surface area contributed by atoms with Crippen molar-refractivity contribution in [3.63, 3.8) is 0 Å². The second kappa shape index (κ2) is 8.54. The van der Waals surface area contributed by atoms with E-state index in [1.54, 1.807) is 6.07 Å². The Labute approximate surface area is 167 Å². The van der Waals surface area contributed by atoms with E-state index in [2.05, 4.69) is 24.9 Å². The molecule has 9 heteroatoms. The highest BCUT2D eigenvalue weighted by molar-refractivity contribution is 5.45. The maximum atomic E-state index is 12.9. The average molecular weight is 407 g/mol. The van der Waals surface area contributed by atoms with Gasteiger partial charge >= 0.3 is 6.18 Å². The molecule has 0 saturated carbocycles. The predicted octanol–water partition coefficient (Wildman–Crippen LogP) is 2.65. The molecule has 0 amide bonds. The van der Waals surface area contributed by atoms with Crippen LogP contribution in [-0.2, 0) is 17.5 Å². The fraction of sp³-hybridized carbons (Fsp3) is 0.500. The Kier molecular flexibility index (Phi) is 5.86. The van der Waals surface area contributed by atoms with Crippen molar-refractivity contribution in [1.29, 1.82) is 0 Å². The van der Waals surface area contributed by atoms with E-state index >= 15 is 0 Å². The van der Waals surface area contributed by atoms with Gasteiger partial charge in [-0.25, -0.2) is 0 Å². The van der Waals surface area contributed by atoms with Gasteiger partial charge in [-0.15, -0.1) is 10.2 Å². The molecular weight excluding hydrogens is 383 g/mol. The van der Waals surface area contributed by atoms with Crippen LogP contribution in [-0.4, -0.2) is 67.6 Å². The molecule has 4 rings (SSSR count). The molecule has 0 bridgehead atoms. The maximum Gasteiger partial charge on any atom is 0.416 e. The van der Waals surface area contributed by atoms with Crippen molar-refractivity contribution < 1.29 is 17.9 Å². The van der Waals surface area contributed by atoms with Crippen molar-refractivity contribution in [2.45, 2.75) is 12.7 Å². The molecule has 1 aromatic carbocycles. The van der Waals surface area contributed by atoms with E-state index in [1.807, 2.05) is 12.1 Å². The summed E-state index contributed by atoms with van der Waals surface area (Å²) in [5.41, 5.74) is 0.0900. The van der Waals surface area contributed by atoms with Crippen LogP contribution in [0, 0.1) is 0 Å². The summed E-state index contributed by atoms with van der Waals surface area (Å²) < 4.78 is 44.0. The molecule has 2 fully saturated rings. The minimum absolute atomic E-state index is 0.513. The van der Waals surface area contributed by atoms with Gasteiger partial charge in [-0.1, -0.05) is 18.2 Å². The molecular formula is C20H24F3N5O. The van der Waals surface area contributed by atoms with Gasteiger partial charge in [0.25, 0.3) is 0 Å². The highest BCUT2D eigenvalue weighted by atomic mass is 19.4. The molecule has 0 N–H and O–H groups in total. The second-order valence-electron chi connectivity index (χ2n) is 7.31. The third-order valence-corrected chi connectivity index (χ3v) is 5.33. The van der Waals surface area contributed by atoms with Crippen LogP contribution in [0.25, 0.3) is 0 Å². The summed E-state index contributed by atoms with van der Waals surface area (Å²) >= 11 is 0.